The van der Waals surface area contributed by atoms with Crippen molar-refractivity contribution in [2.45, 2.75) is 6.92 Å². The molecular formula is C15H10BrN3. The molecule has 0 amide bonds. The lowest BCUT2D eigenvalue weighted by Gasteiger charge is -2.12. The van der Waals surface area contributed by atoms with Gasteiger partial charge in [-0.05, 0) is 52.7 Å². The number of nitriles is 2. The summed E-state index contributed by atoms with van der Waals surface area (Å²) in [7, 11) is 0. The summed E-state index contributed by atoms with van der Waals surface area (Å²) < 4.78 is 0.745. The maximum atomic E-state index is 9.17. The highest BCUT2D eigenvalue weighted by atomic mass is 79.9. The minimum Gasteiger partial charge on any atom is -0.354 e. The largest absolute Gasteiger partial charge is 0.354 e. The molecule has 4 heteroatoms. The van der Waals surface area contributed by atoms with Crippen LogP contribution in [0.1, 0.15) is 16.7 Å². The Morgan fingerprint density at radius 1 is 1.05 bits per heavy atom. The van der Waals surface area contributed by atoms with Crippen molar-refractivity contribution in [2.75, 3.05) is 5.32 Å². The molecule has 0 saturated heterocycles. The van der Waals surface area contributed by atoms with Gasteiger partial charge < -0.3 is 5.32 Å². The van der Waals surface area contributed by atoms with Gasteiger partial charge in [0.2, 0.25) is 0 Å². The molecule has 0 aliphatic carbocycles. The summed E-state index contributed by atoms with van der Waals surface area (Å²) in [6.07, 6.45) is 0. The van der Waals surface area contributed by atoms with Crippen LogP contribution < -0.4 is 5.32 Å². The van der Waals surface area contributed by atoms with Gasteiger partial charge in [-0.15, -0.1) is 0 Å². The lowest BCUT2D eigenvalue weighted by atomic mass is 10.1. The van der Waals surface area contributed by atoms with E-state index in [9.17, 15) is 5.26 Å². The summed E-state index contributed by atoms with van der Waals surface area (Å²) in [5, 5.41) is 21.3. The molecule has 2 aromatic carbocycles. The molecule has 0 radical (unpaired) electrons. The fourth-order valence-corrected chi connectivity index (χ4v) is 2.17. The molecule has 0 fully saturated rings. The van der Waals surface area contributed by atoms with Gasteiger partial charge in [-0.3, -0.25) is 0 Å². The summed E-state index contributed by atoms with van der Waals surface area (Å²) in [5.74, 6) is 0. The van der Waals surface area contributed by atoms with Crippen molar-refractivity contribution in [2.24, 2.45) is 0 Å². The van der Waals surface area contributed by atoms with Gasteiger partial charge in [0.25, 0.3) is 0 Å². The van der Waals surface area contributed by atoms with Crippen LogP contribution >= 0.6 is 15.9 Å². The summed E-state index contributed by atoms with van der Waals surface area (Å²) >= 11 is 3.35. The molecular weight excluding hydrogens is 302 g/mol. The third-order valence-corrected chi connectivity index (χ3v) is 3.42. The molecule has 0 aromatic heterocycles. The number of aryl methyl sites for hydroxylation is 1. The van der Waals surface area contributed by atoms with E-state index in [0.29, 0.717) is 11.1 Å². The van der Waals surface area contributed by atoms with Crippen LogP contribution in [0.2, 0.25) is 0 Å². The van der Waals surface area contributed by atoms with E-state index in [1.165, 1.54) is 0 Å². The van der Waals surface area contributed by atoms with Crippen molar-refractivity contribution >= 4 is 27.3 Å². The third kappa shape index (κ3) is 2.76. The maximum Gasteiger partial charge on any atom is 0.103 e. The van der Waals surface area contributed by atoms with Gasteiger partial charge in [-0.25, -0.2) is 0 Å². The number of hydrogen-bond acceptors (Lipinski definition) is 3. The van der Waals surface area contributed by atoms with Crippen molar-refractivity contribution in [1.29, 1.82) is 10.5 Å². The number of halogens is 1. The highest BCUT2D eigenvalue weighted by Gasteiger charge is 2.07. The van der Waals surface area contributed by atoms with Gasteiger partial charge in [0.05, 0.1) is 22.9 Å². The standard InChI is InChI=1S/C15H10BrN3/c1-10-5-6-11(8-17)7-15(10)19-14-4-2-3-13(16)12(14)9-18/h2-7,19H,1H3. The number of anilines is 2. The monoisotopic (exact) mass is 311 g/mol. The second-order valence-corrected chi connectivity index (χ2v) is 4.90. The number of benzene rings is 2. The van der Waals surface area contributed by atoms with E-state index in [-0.39, 0.29) is 0 Å². The van der Waals surface area contributed by atoms with Crippen molar-refractivity contribution in [1.82, 2.24) is 0 Å². The first-order chi connectivity index (χ1) is 9.15. The Kier molecular flexibility index (Phi) is 3.85. The van der Waals surface area contributed by atoms with Gasteiger partial charge >= 0.3 is 0 Å². The zero-order chi connectivity index (χ0) is 13.8. The summed E-state index contributed by atoms with van der Waals surface area (Å²) in [6, 6.07) is 15.2. The van der Waals surface area contributed by atoms with Crippen molar-refractivity contribution in [3.8, 4) is 12.1 Å². The number of nitrogens with one attached hydrogen (secondary N) is 1. The van der Waals surface area contributed by atoms with E-state index in [1.54, 1.807) is 12.1 Å². The summed E-state index contributed by atoms with van der Waals surface area (Å²) in [5.41, 5.74) is 3.69. The number of rotatable bonds is 2. The quantitative estimate of drug-likeness (QED) is 0.902. The van der Waals surface area contributed by atoms with E-state index in [0.717, 1.165) is 21.4 Å². The van der Waals surface area contributed by atoms with Crippen LogP contribution in [0.4, 0.5) is 11.4 Å². The van der Waals surface area contributed by atoms with Crippen molar-refractivity contribution in [3.63, 3.8) is 0 Å². The highest BCUT2D eigenvalue weighted by molar-refractivity contribution is 9.10. The fourth-order valence-electron chi connectivity index (χ4n) is 1.71. The zero-order valence-corrected chi connectivity index (χ0v) is 11.8. The number of nitrogens with zero attached hydrogens (tertiary/aromatic N) is 2. The highest BCUT2D eigenvalue weighted by Crippen LogP contribution is 2.28. The van der Waals surface area contributed by atoms with Crippen LogP contribution in [-0.4, -0.2) is 0 Å². The Balaban J connectivity index is 2.46. The molecule has 0 spiro atoms. The van der Waals surface area contributed by atoms with Crippen LogP contribution in [0.25, 0.3) is 0 Å². The molecule has 0 heterocycles. The van der Waals surface area contributed by atoms with E-state index in [2.05, 4.69) is 33.4 Å². The van der Waals surface area contributed by atoms with Gasteiger partial charge in [0, 0.05) is 10.2 Å². The first-order valence-corrected chi connectivity index (χ1v) is 6.41. The minimum atomic E-state index is 0.546. The van der Waals surface area contributed by atoms with E-state index < -0.39 is 0 Å². The second kappa shape index (κ2) is 5.56. The normalized spacial score (nSPS) is 9.47. The molecule has 0 aliphatic rings. The van der Waals surface area contributed by atoms with Crippen LogP contribution in [-0.2, 0) is 0 Å². The lowest BCUT2D eigenvalue weighted by molar-refractivity contribution is 1.39. The Morgan fingerprint density at radius 3 is 2.53 bits per heavy atom. The van der Waals surface area contributed by atoms with E-state index in [1.807, 2.05) is 31.2 Å². The molecule has 0 bridgehead atoms. The van der Waals surface area contributed by atoms with Crippen LogP contribution in [0, 0.1) is 29.6 Å². The predicted octanol–water partition coefficient (Wildman–Crippen LogP) is 4.24. The smallest absolute Gasteiger partial charge is 0.103 e. The Bertz CT molecular complexity index is 708. The second-order valence-electron chi connectivity index (χ2n) is 4.04. The Labute approximate surface area is 120 Å². The SMILES string of the molecule is Cc1ccc(C#N)cc1Nc1cccc(Br)c1C#N. The van der Waals surface area contributed by atoms with E-state index >= 15 is 0 Å². The van der Waals surface area contributed by atoms with Crippen molar-refractivity contribution in [3.05, 3.63) is 57.6 Å². The van der Waals surface area contributed by atoms with Gasteiger partial charge in [-0.1, -0.05) is 12.1 Å². The molecule has 2 rings (SSSR count). The molecule has 0 unspecified atom stereocenters. The van der Waals surface area contributed by atoms with Crippen molar-refractivity contribution < 1.29 is 0 Å². The first-order valence-electron chi connectivity index (χ1n) is 5.62. The zero-order valence-electron chi connectivity index (χ0n) is 10.2. The molecule has 3 nitrogen and oxygen atoms in total. The molecule has 2 aromatic rings. The maximum absolute atomic E-state index is 9.17. The fraction of sp³-hybridized carbons (Fsp3) is 0.0667. The molecule has 1 N–H and O–H groups in total. The van der Waals surface area contributed by atoms with Gasteiger partial charge in [0.1, 0.15) is 6.07 Å². The van der Waals surface area contributed by atoms with E-state index in [4.69, 9.17) is 5.26 Å². The topological polar surface area (TPSA) is 59.6 Å². The Morgan fingerprint density at radius 2 is 1.84 bits per heavy atom. The van der Waals surface area contributed by atoms with Crippen LogP contribution in [0.5, 0.6) is 0 Å². The third-order valence-electron chi connectivity index (χ3n) is 2.76. The van der Waals surface area contributed by atoms with Gasteiger partial charge in [0.15, 0.2) is 0 Å². The molecule has 92 valence electrons. The average molecular weight is 312 g/mol. The molecule has 0 saturated carbocycles. The molecule has 0 aliphatic heterocycles. The summed E-state index contributed by atoms with van der Waals surface area (Å²) in [6.45, 7) is 1.95. The minimum absolute atomic E-state index is 0.546. The Hall–Kier alpha value is -2.30. The summed E-state index contributed by atoms with van der Waals surface area (Å²) in [4.78, 5) is 0. The lowest BCUT2D eigenvalue weighted by Crippen LogP contribution is -1.97. The van der Waals surface area contributed by atoms with Crippen LogP contribution in [0.3, 0.4) is 0 Å². The molecule has 19 heavy (non-hydrogen) atoms. The number of hydrogen-bond donors (Lipinski definition) is 1. The van der Waals surface area contributed by atoms with Gasteiger partial charge in [-0.2, -0.15) is 10.5 Å². The average Bonchev–Trinajstić information content (AvgIpc) is 2.41. The predicted molar refractivity (Wildman–Crippen MR) is 78.0 cm³/mol. The molecule has 0 atom stereocenters. The first kappa shape index (κ1) is 13.1. The van der Waals surface area contributed by atoms with Crippen LogP contribution in [0.15, 0.2) is 40.9 Å².